The number of urea groups is 1. The van der Waals surface area contributed by atoms with E-state index >= 15 is 0 Å². The van der Waals surface area contributed by atoms with Gasteiger partial charge < -0.3 is 10.6 Å². The summed E-state index contributed by atoms with van der Waals surface area (Å²) in [7, 11) is 0. The van der Waals surface area contributed by atoms with Crippen molar-refractivity contribution in [3.63, 3.8) is 0 Å². The Morgan fingerprint density at radius 2 is 2.25 bits per heavy atom. The van der Waals surface area contributed by atoms with Crippen LogP contribution in [0.2, 0.25) is 0 Å². The molecule has 5 nitrogen and oxygen atoms in total. The highest BCUT2D eigenvalue weighted by Gasteiger charge is 2.06. The second kappa shape index (κ2) is 6.11. The van der Waals surface area contributed by atoms with Crippen LogP contribution in [-0.4, -0.2) is 22.4 Å². The van der Waals surface area contributed by atoms with Gasteiger partial charge in [-0.15, -0.1) is 5.92 Å². The van der Waals surface area contributed by atoms with E-state index in [-0.39, 0.29) is 6.03 Å². The summed E-state index contributed by atoms with van der Waals surface area (Å²) in [5, 5.41) is 10.9. The number of nitrogens with one attached hydrogen (secondary N) is 2. The second-order valence-electron chi connectivity index (χ2n) is 4.71. The van der Waals surface area contributed by atoms with Gasteiger partial charge in [0.05, 0.1) is 12.1 Å². The molecule has 0 atom stereocenters. The van der Waals surface area contributed by atoms with E-state index in [0.717, 1.165) is 16.6 Å². The monoisotopic (exact) mass is 270 g/mol. The van der Waals surface area contributed by atoms with Gasteiger partial charge in [-0.25, -0.2) is 4.79 Å². The summed E-state index contributed by atoms with van der Waals surface area (Å²) in [6, 6.07) is 5.70. The van der Waals surface area contributed by atoms with Gasteiger partial charge >= 0.3 is 6.03 Å². The molecule has 1 heterocycles. The number of amides is 2. The minimum absolute atomic E-state index is 0.261. The van der Waals surface area contributed by atoms with Gasteiger partial charge in [0.25, 0.3) is 0 Å². The lowest BCUT2D eigenvalue weighted by Crippen LogP contribution is -2.28. The third-order valence-electron chi connectivity index (χ3n) is 2.82. The van der Waals surface area contributed by atoms with Gasteiger partial charge in [0.15, 0.2) is 0 Å². The molecule has 0 radical (unpaired) electrons. The molecule has 2 rings (SSSR count). The first-order chi connectivity index (χ1) is 9.60. The SMILES string of the molecule is CC#CCNC(=O)Nc1ccc2nn(C(C)C)cc2c1. The smallest absolute Gasteiger partial charge is 0.319 e. The zero-order valence-electron chi connectivity index (χ0n) is 11.9. The van der Waals surface area contributed by atoms with E-state index in [1.165, 1.54) is 0 Å². The number of carbonyl (C=O) groups is 1. The average Bonchev–Trinajstić information content (AvgIpc) is 2.82. The first-order valence-electron chi connectivity index (χ1n) is 6.53. The first kappa shape index (κ1) is 13.9. The highest BCUT2D eigenvalue weighted by molar-refractivity contribution is 5.92. The Hall–Kier alpha value is -2.48. The summed E-state index contributed by atoms with van der Waals surface area (Å²) >= 11 is 0. The highest BCUT2D eigenvalue weighted by atomic mass is 16.2. The number of hydrogen-bond acceptors (Lipinski definition) is 2. The Bertz CT molecular complexity index is 676. The average molecular weight is 270 g/mol. The lowest BCUT2D eigenvalue weighted by molar-refractivity contribution is 0.253. The number of hydrogen-bond donors (Lipinski definition) is 2. The van der Waals surface area contributed by atoms with E-state index in [4.69, 9.17) is 0 Å². The number of rotatable bonds is 3. The Morgan fingerprint density at radius 1 is 1.45 bits per heavy atom. The molecule has 0 fully saturated rings. The summed E-state index contributed by atoms with van der Waals surface area (Å²) in [5.41, 5.74) is 1.66. The Kier molecular flexibility index (Phi) is 4.26. The summed E-state index contributed by atoms with van der Waals surface area (Å²) in [6.45, 7) is 6.23. The molecule has 2 amide bonds. The highest BCUT2D eigenvalue weighted by Crippen LogP contribution is 2.19. The predicted molar refractivity (Wildman–Crippen MR) is 80.6 cm³/mol. The molecule has 2 aromatic rings. The first-order valence-corrected chi connectivity index (χ1v) is 6.53. The third kappa shape index (κ3) is 3.29. The van der Waals surface area contributed by atoms with Crippen LogP contribution in [0.25, 0.3) is 10.9 Å². The maximum Gasteiger partial charge on any atom is 0.319 e. The molecule has 0 saturated carbocycles. The van der Waals surface area contributed by atoms with Crippen molar-refractivity contribution in [3.05, 3.63) is 24.4 Å². The van der Waals surface area contributed by atoms with Crippen LogP contribution in [0.5, 0.6) is 0 Å². The molecule has 1 aromatic heterocycles. The molecule has 5 heteroatoms. The van der Waals surface area contributed by atoms with E-state index < -0.39 is 0 Å². The van der Waals surface area contributed by atoms with E-state index in [0.29, 0.717) is 12.6 Å². The molecule has 104 valence electrons. The fourth-order valence-corrected chi connectivity index (χ4v) is 1.78. The van der Waals surface area contributed by atoms with Gasteiger partial charge in [-0.3, -0.25) is 4.68 Å². The summed E-state index contributed by atoms with van der Waals surface area (Å²) in [4.78, 5) is 11.6. The molecule has 0 aliphatic heterocycles. The van der Waals surface area contributed by atoms with Crippen molar-refractivity contribution in [1.82, 2.24) is 15.1 Å². The molecule has 0 saturated heterocycles. The van der Waals surface area contributed by atoms with Crippen LogP contribution in [0.3, 0.4) is 0 Å². The molecule has 2 N–H and O–H groups in total. The van der Waals surface area contributed by atoms with E-state index in [9.17, 15) is 4.79 Å². The van der Waals surface area contributed by atoms with Gasteiger partial charge in [0.1, 0.15) is 0 Å². The zero-order valence-corrected chi connectivity index (χ0v) is 11.9. The molecule has 0 spiro atoms. The predicted octanol–water partition coefficient (Wildman–Crippen LogP) is 2.76. The molecule has 0 aliphatic carbocycles. The van der Waals surface area contributed by atoms with Gasteiger partial charge in [-0.1, -0.05) is 5.92 Å². The van der Waals surface area contributed by atoms with Crippen LogP contribution in [0.4, 0.5) is 10.5 Å². The number of fused-ring (bicyclic) bond motifs is 1. The normalized spacial score (nSPS) is 10.2. The summed E-state index contributed by atoms with van der Waals surface area (Å²) < 4.78 is 1.91. The van der Waals surface area contributed by atoms with Crippen molar-refractivity contribution >= 4 is 22.6 Å². The quantitative estimate of drug-likeness (QED) is 0.842. The molecular weight excluding hydrogens is 252 g/mol. The number of carbonyl (C=O) groups excluding carboxylic acids is 1. The lowest BCUT2D eigenvalue weighted by atomic mass is 10.2. The molecule has 20 heavy (non-hydrogen) atoms. The van der Waals surface area contributed by atoms with Gasteiger partial charge in [0.2, 0.25) is 0 Å². The Morgan fingerprint density at radius 3 is 2.95 bits per heavy atom. The van der Waals surface area contributed by atoms with E-state index in [1.807, 2.05) is 29.1 Å². The summed E-state index contributed by atoms with van der Waals surface area (Å²) in [5.74, 6) is 5.50. The molecule has 0 unspecified atom stereocenters. The maximum atomic E-state index is 11.6. The second-order valence-corrected chi connectivity index (χ2v) is 4.71. The molecule has 1 aromatic carbocycles. The van der Waals surface area contributed by atoms with E-state index in [2.05, 4.69) is 41.4 Å². The van der Waals surface area contributed by atoms with Crippen molar-refractivity contribution in [1.29, 1.82) is 0 Å². The minimum Gasteiger partial charge on any atom is -0.327 e. The largest absolute Gasteiger partial charge is 0.327 e. The van der Waals surface area contributed by atoms with Crippen molar-refractivity contribution in [2.75, 3.05) is 11.9 Å². The van der Waals surface area contributed by atoms with Crippen molar-refractivity contribution in [2.45, 2.75) is 26.8 Å². The molecule has 0 bridgehead atoms. The number of benzene rings is 1. The fourth-order valence-electron chi connectivity index (χ4n) is 1.78. The standard InChI is InChI=1S/C15H18N4O/c1-4-5-8-16-15(20)17-13-6-7-14-12(9-13)10-19(18-14)11(2)3/h6-7,9-11H,8H2,1-3H3,(H2,16,17,20). The van der Waals surface area contributed by atoms with Crippen LogP contribution in [0, 0.1) is 11.8 Å². The topological polar surface area (TPSA) is 59.0 Å². The van der Waals surface area contributed by atoms with Crippen LogP contribution >= 0.6 is 0 Å². The Labute approximate surface area is 118 Å². The molecular formula is C15H18N4O. The zero-order chi connectivity index (χ0) is 14.5. The third-order valence-corrected chi connectivity index (χ3v) is 2.82. The molecule has 0 aliphatic rings. The van der Waals surface area contributed by atoms with Gasteiger partial charge in [-0.05, 0) is 39.0 Å². The van der Waals surface area contributed by atoms with Crippen molar-refractivity contribution in [3.8, 4) is 11.8 Å². The summed E-state index contributed by atoms with van der Waals surface area (Å²) in [6.07, 6.45) is 1.98. The lowest BCUT2D eigenvalue weighted by Gasteiger charge is -2.04. The Balaban J connectivity index is 2.10. The van der Waals surface area contributed by atoms with Gasteiger partial charge in [0, 0.05) is 23.3 Å². The maximum absolute atomic E-state index is 11.6. The number of anilines is 1. The van der Waals surface area contributed by atoms with Crippen LogP contribution < -0.4 is 10.6 Å². The number of nitrogens with zero attached hydrogens (tertiary/aromatic N) is 2. The minimum atomic E-state index is -0.261. The van der Waals surface area contributed by atoms with Crippen LogP contribution in [-0.2, 0) is 0 Å². The van der Waals surface area contributed by atoms with Crippen molar-refractivity contribution < 1.29 is 4.79 Å². The van der Waals surface area contributed by atoms with Crippen LogP contribution in [0.1, 0.15) is 26.8 Å². The van der Waals surface area contributed by atoms with E-state index in [1.54, 1.807) is 6.92 Å². The van der Waals surface area contributed by atoms with Crippen molar-refractivity contribution in [2.24, 2.45) is 0 Å². The fraction of sp³-hybridized carbons (Fsp3) is 0.333. The number of aromatic nitrogens is 2. The van der Waals surface area contributed by atoms with Gasteiger partial charge in [-0.2, -0.15) is 5.10 Å². The van der Waals surface area contributed by atoms with Crippen LogP contribution in [0.15, 0.2) is 24.4 Å².